The van der Waals surface area contributed by atoms with Crippen molar-refractivity contribution in [1.82, 2.24) is 5.32 Å². The molecule has 0 saturated heterocycles. The zero-order valence-electron chi connectivity index (χ0n) is 14.1. The first kappa shape index (κ1) is 19.5. The van der Waals surface area contributed by atoms with Crippen LogP contribution in [-0.4, -0.2) is 35.7 Å². The molecule has 2 aromatic carbocycles. The predicted molar refractivity (Wildman–Crippen MR) is 98.3 cm³/mol. The number of esters is 1. The van der Waals surface area contributed by atoms with E-state index in [0.29, 0.717) is 17.9 Å². The molecule has 0 aliphatic rings. The highest BCUT2D eigenvalue weighted by molar-refractivity contribution is 7.99. The highest BCUT2D eigenvalue weighted by atomic mass is 32.2. The monoisotopic (exact) mass is 374 g/mol. The summed E-state index contributed by atoms with van der Waals surface area (Å²) in [4.78, 5) is 35.1. The van der Waals surface area contributed by atoms with E-state index in [9.17, 15) is 19.7 Å². The number of carbonyl (C=O) groups excluding carboxylic acids is 2. The lowest BCUT2D eigenvalue weighted by molar-refractivity contribution is -0.385. The summed E-state index contributed by atoms with van der Waals surface area (Å²) >= 11 is 1.60. The summed E-state index contributed by atoms with van der Waals surface area (Å²) in [7, 11) is 0. The van der Waals surface area contributed by atoms with Crippen molar-refractivity contribution in [1.29, 1.82) is 0 Å². The van der Waals surface area contributed by atoms with Gasteiger partial charge < -0.3 is 10.1 Å². The molecule has 0 radical (unpaired) electrons. The number of thioether (sulfide) groups is 1. The molecule has 8 heteroatoms. The molecule has 1 N–H and O–H groups in total. The predicted octanol–water partition coefficient (Wildman–Crippen LogP) is 2.97. The normalized spacial score (nSPS) is 10.2. The molecule has 7 nitrogen and oxygen atoms in total. The molecular formula is C18H18N2O5S. The SMILES string of the molecule is Cc1ccc(C(=O)OCC(=O)NCCSc2ccccc2)cc1[N+](=O)[O-]. The van der Waals surface area contributed by atoms with Crippen molar-refractivity contribution in [3.8, 4) is 0 Å². The zero-order valence-corrected chi connectivity index (χ0v) is 15.0. The number of nitrogens with zero attached hydrogens (tertiary/aromatic N) is 1. The molecule has 0 saturated carbocycles. The highest BCUT2D eigenvalue weighted by Crippen LogP contribution is 2.19. The van der Waals surface area contributed by atoms with Crippen molar-refractivity contribution in [3.63, 3.8) is 0 Å². The average molecular weight is 374 g/mol. The van der Waals surface area contributed by atoms with Gasteiger partial charge >= 0.3 is 5.97 Å². The number of benzene rings is 2. The first-order valence-corrected chi connectivity index (χ1v) is 8.82. The van der Waals surface area contributed by atoms with Gasteiger partial charge in [-0.1, -0.05) is 24.3 Å². The van der Waals surface area contributed by atoms with Crippen molar-refractivity contribution in [2.45, 2.75) is 11.8 Å². The molecule has 0 aromatic heterocycles. The van der Waals surface area contributed by atoms with E-state index in [1.807, 2.05) is 30.3 Å². The number of nitro benzene ring substituents is 1. The van der Waals surface area contributed by atoms with Crippen LogP contribution in [0.3, 0.4) is 0 Å². The van der Waals surface area contributed by atoms with Crippen LogP contribution in [0, 0.1) is 17.0 Å². The van der Waals surface area contributed by atoms with Crippen molar-refractivity contribution in [2.24, 2.45) is 0 Å². The van der Waals surface area contributed by atoms with Gasteiger partial charge in [0.1, 0.15) is 0 Å². The van der Waals surface area contributed by atoms with Crippen LogP contribution in [0.4, 0.5) is 5.69 Å². The van der Waals surface area contributed by atoms with Crippen molar-refractivity contribution in [2.75, 3.05) is 18.9 Å². The van der Waals surface area contributed by atoms with Crippen LogP contribution >= 0.6 is 11.8 Å². The smallest absolute Gasteiger partial charge is 0.338 e. The van der Waals surface area contributed by atoms with Gasteiger partial charge in [-0.2, -0.15) is 0 Å². The van der Waals surface area contributed by atoms with Crippen LogP contribution in [0.5, 0.6) is 0 Å². The fraction of sp³-hybridized carbons (Fsp3) is 0.222. The van der Waals surface area contributed by atoms with Gasteiger partial charge in [0.15, 0.2) is 6.61 Å². The number of carbonyl (C=O) groups is 2. The zero-order chi connectivity index (χ0) is 18.9. The van der Waals surface area contributed by atoms with Crippen LogP contribution in [0.15, 0.2) is 53.4 Å². The minimum absolute atomic E-state index is 0.0368. The van der Waals surface area contributed by atoms with E-state index in [2.05, 4.69) is 5.32 Å². The first-order chi connectivity index (χ1) is 12.5. The second-order valence-electron chi connectivity index (χ2n) is 5.35. The van der Waals surface area contributed by atoms with Crippen LogP contribution in [-0.2, 0) is 9.53 Å². The molecule has 0 bridgehead atoms. The minimum atomic E-state index is -0.776. The Labute approximate surface area is 154 Å². The van der Waals surface area contributed by atoms with Gasteiger partial charge in [0.05, 0.1) is 10.5 Å². The molecule has 0 atom stereocenters. The molecule has 0 unspecified atom stereocenters. The molecule has 1 amide bonds. The Morgan fingerprint density at radius 1 is 1.19 bits per heavy atom. The van der Waals surface area contributed by atoms with Crippen LogP contribution in [0.2, 0.25) is 0 Å². The summed E-state index contributed by atoms with van der Waals surface area (Å²) in [5.41, 5.74) is 0.316. The third-order valence-corrected chi connectivity index (χ3v) is 4.43. The summed E-state index contributed by atoms with van der Waals surface area (Å²) in [5, 5.41) is 13.6. The van der Waals surface area contributed by atoms with Crippen LogP contribution in [0.25, 0.3) is 0 Å². The molecule has 2 aromatic rings. The van der Waals surface area contributed by atoms with E-state index < -0.39 is 23.4 Å². The Morgan fingerprint density at radius 3 is 2.62 bits per heavy atom. The van der Waals surface area contributed by atoms with Gasteiger partial charge in [-0.15, -0.1) is 11.8 Å². The Balaban J connectivity index is 1.74. The second-order valence-corrected chi connectivity index (χ2v) is 6.51. The van der Waals surface area contributed by atoms with E-state index in [1.165, 1.54) is 12.1 Å². The Morgan fingerprint density at radius 2 is 1.92 bits per heavy atom. The lowest BCUT2D eigenvalue weighted by atomic mass is 10.1. The maximum atomic E-state index is 11.9. The van der Waals surface area contributed by atoms with E-state index in [0.717, 1.165) is 11.0 Å². The Hall–Kier alpha value is -2.87. The van der Waals surface area contributed by atoms with Crippen molar-refractivity contribution >= 4 is 29.3 Å². The number of amides is 1. The molecule has 2 rings (SSSR count). The van der Waals surface area contributed by atoms with Crippen molar-refractivity contribution in [3.05, 3.63) is 69.8 Å². The Kier molecular flexibility index (Phi) is 7.16. The summed E-state index contributed by atoms with van der Waals surface area (Å²) in [6, 6.07) is 13.8. The van der Waals surface area contributed by atoms with Gasteiger partial charge in [-0.05, 0) is 25.1 Å². The van der Waals surface area contributed by atoms with Gasteiger partial charge in [0.25, 0.3) is 11.6 Å². The van der Waals surface area contributed by atoms with E-state index in [-0.39, 0.29) is 11.3 Å². The lowest BCUT2D eigenvalue weighted by Crippen LogP contribution is -2.30. The molecule has 0 fully saturated rings. The summed E-state index contributed by atoms with van der Waals surface area (Å²) in [6.45, 7) is 1.58. The van der Waals surface area contributed by atoms with Crippen LogP contribution in [0.1, 0.15) is 15.9 Å². The molecular weight excluding hydrogens is 356 g/mol. The van der Waals surface area contributed by atoms with E-state index in [1.54, 1.807) is 18.7 Å². The first-order valence-electron chi connectivity index (χ1n) is 7.84. The highest BCUT2D eigenvalue weighted by Gasteiger charge is 2.16. The molecule has 26 heavy (non-hydrogen) atoms. The number of rotatable bonds is 8. The number of nitro groups is 1. The quantitative estimate of drug-likeness (QED) is 0.251. The lowest BCUT2D eigenvalue weighted by Gasteiger charge is -2.07. The van der Waals surface area contributed by atoms with Gasteiger partial charge in [0, 0.05) is 28.8 Å². The van der Waals surface area contributed by atoms with Gasteiger partial charge in [-0.25, -0.2) is 4.79 Å². The molecule has 136 valence electrons. The third kappa shape index (κ3) is 5.89. The maximum absolute atomic E-state index is 11.9. The third-order valence-electron chi connectivity index (χ3n) is 3.41. The standard InChI is InChI=1S/C18H18N2O5S/c1-13-7-8-14(11-16(13)20(23)24)18(22)25-12-17(21)19-9-10-26-15-5-3-2-4-6-15/h2-8,11H,9-10,12H2,1H3,(H,19,21). The van der Waals surface area contributed by atoms with E-state index in [4.69, 9.17) is 4.74 Å². The second kappa shape index (κ2) is 9.57. The summed E-state index contributed by atoms with van der Waals surface area (Å²) in [5.74, 6) is -0.510. The van der Waals surface area contributed by atoms with Crippen molar-refractivity contribution < 1.29 is 19.2 Å². The fourth-order valence-electron chi connectivity index (χ4n) is 2.07. The Bertz CT molecular complexity index is 795. The summed E-state index contributed by atoms with van der Waals surface area (Å²) in [6.07, 6.45) is 0. The molecule has 0 heterocycles. The number of nitrogens with one attached hydrogen (secondary N) is 1. The van der Waals surface area contributed by atoms with Gasteiger partial charge in [0.2, 0.25) is 0 Å². The minimum Gasteiger partial charge on any atom is -0.452 e. The topological polar surface area (TPSA) is 98.5 Å². The number of ether oxygens (including phenoxy) is 1. The van der Waals surface area contributed by atoms with E-state index >= 15 is 0 Å². The molecule has 0 spiro atoms. The fourth-order valence-corrected chi connectivity index (χ4v) is 2.86. The largest absolute Gasteiger partial charge is 0.452 e. The average Bonchev–Trinajstić information content (AvgIpc) is 2.64. The van der Waals surface area contributed by atoms with Crippen LogP contribution < -0.4 is 5.32 Å². The number of aryl methyl sites for hydroxylation is 1. The summed E-state index contributed by atoms with van der Waals surface area (Å²) < 4.78 is 4.90. The number of hydrogen-bond donors (Lipinski definition) is 1. The maximum Gasteiger partial charge on any atom is 0.338 e. The van der Waals surface area contributed by atoms with Gasteiger partial charge in [-0.3, -0.25) is 14.9 Å². The molecule has 0 aliphatic heterocycles. The number of hydrogen-bond acceptors (Lipinski definition) is 6. The molecule has 0 aliphatic carbocycles.